The molecule has 0 saturated carbocycles. The van der Waals surface area contributed by atoms with E-state index in [0.717, 1.165) is 6.07 Å². The van der Waals surface area contributed by atoms with E-state index in [-0.39, 0.29) is 51.4 Å². The smallest absolute Gasteiger partial charge is 0.744 e. The molecule has 0 amide bonds. The average Bonchev–Trinajstić information content (AvgIpc) is 2.00. The number of phenols is 1. The molecule has 0 unspecified atom stereocenters. The summed E-state index contributed by atoms with van der Waals surface area (Å²) in [6, 6.07) is 1.43. The van der Waals surface area contributed by atoms with Gasteiger partial charge >= 0.3 is 57.1 Å². The third-order valence-electron chi connectivity index (χ3n) is 1.61. The SMILES string of the molecule is Nc1c(S(=O)(=O)[O-])ccc(O)c1[N+](=O)[O-].[K+]. The van der Waals surface area contributed by atoms with Crippen LogP contribution in [0.1, 0.15) is 0 Å². The molecule has 0 aromatic heterocycles. The summed E-state index contributed by atoms with van der Waals surface area (Å²) in [4.78, 5) is 8.40. The normalized spacial score (nSPS) is 10.6. The molecule has 0 saturated heterocycles. The third-order valence-corrected chi connectivity index (χ3v) is 2.50. The van der Waals surface area contributed by atoms with Crippen molar-refractivity contribution >= 4 is 21.5 Å². The molecular formula is C6H5KN2O6S. The average molecular weight is 272 g/mol. The molecule has 1 aromatic carbocycles. The van der Waals surface area contributed by atoms with Crippen LogP contribution in [0, 0.1) is 10.1 Å². The van der Waals surface area contributed by atoms with Crippen LogP contribution in [0.2, 0.25) is 0 Å². The molecule has 0 radical (unpaired) electrons. The second-order valence-electron chi connectivity index (χ2n) is 2.56. The topological polar surface area (TPSA) is 147 Å². The van der Waals surface area contributed by atoms with Crippen molar-refractivity contribution in [1.29, 1.82) is 0 Å². The third kappa shape index (κ3) is 3.13. The Kier molecular flexibility index (Phi) is 5.32. The first-order chi connectivity index (χ1) is 6.75. The number of nitrogens with zero attached hydrogens (tertiary/aromatic N) is 1. The second-order valence-corrected chi connectivity index (χ2v) is 3.90. The number of hydrogen-bond acceptors (Lipinski definition) is 7. The quantitative estimate of drug-likeness (QED) is 0.189. The van der Waals surface area contributed by atoms with Gasteiger partial charge in [-0.2, -0.15) is 0 Å². The van der Waals surface area contributed by atoms with Crippen LogP contribution in [-0.4, -0.2) is 23.0 Å². The Labute approximate surface area is 133 Å². The van der Waals surface area contributed by atoms with Gasteiger partial charge < -0.3 is 15.4 Å². The van der Waals surface area contributed by atoms with E-state index in [1.165, 1.54) is 0 Å². The molecule has 8 nitrogen and oxygen atoms in total. The van der Waals surface area contributed by atoms with E-state index in [9.17, 15) is 23.1 Å². The number of anilines is 1. The summed E-state index contributed by atoms with van der Waals surface area (Å²) >= 11 is 0. The molecule has 0 aliphatic rings. The Balaban J connectivity index is 0.00000225. The summed E-state index contributed by atoms with van der Waals surface area (Å²) in [5.41, 5.74) is 3.23. The number of benzene rings is 1. The molecule has 82 valence electrons. The number of hydrogen-bond donors (Lipinski definition) is 2. The predicted octanol–water partition coefficient (Wildman–Crippen LogP) is -3.21. The van der Waals surface area contributed by atoms with E-state index >= 15 is 0 Å². The van der Waals surface area contributed by atoms with Crippen molar-refractivity contribution in [2.75, 3.05) is 5.73 Å². The molecule has 1 rings (SSSR count). The van der Waals surface area contributed by atoms with Gasteiger partial charge in [0, 0.05) is 0 Å². The van der Waals surface area contributed by atoms with Gasteiger partial charge in [-0.3, -0.25) is 10.1 Å². The molecule has 0 heterocycles. The molecule has 0 atom stereocenters. The fourth-order valence-corrected chi connectivity index (χ4v) is 1.59. The maximum atomic E-state index is 10.6. The molecule has 0 fully saturated rings. The largest absolute Gasteiger partial charge is 1.00 e. The minimum Gasteiger partial charge on any atom is -0.744 e. The summed E-state index contributed by atoms with van der Waals surface area (Å²) in [6.45, 7) is 0. The Hall–Kier alpha value is -0.234. The first kappa shape index (κ1) is 15.8. The first-order valence-electron chi connectivity index (χ1n) is 3.47. The molecule has 3 N–H and O–H groups in total. The van der Waals surface area contributed by atoms with Crippen LogP contribution in [0.15, 0.2) is 17.0 Å². The van der Waals surface area contributed by atoms with E-state index in [4.69, 9.17) is 10.8 Å². The molecule has 0 aliphatic heterocycles. The van der Waals surface area contributed by atoms with Gasteiger partial charge in [-0.05, 0) is 12.1 Å². The van der Waals surface area contributed by atoms with Crippen molar-refractivity contribution in [3.05, 3.63) is 22.2 Å². The predicted molar refractivity (Wildman–Crippen MR) is 47.1 cm³/mol. The van der Waals surface area contributed by atoms with Crippen LogP contribution in [0.3, 0.4) is 0 Å². The monoisotopic (exact) mass is 272 g/mol. The van der Waals surface area contributed by atoms with E-state index in [0.29, 0.717) is 6.07 Å². The van der Waals surface area contributed by atoms with Gasteiger partial charge in [0.25, 0.3) is 0 Å². The van der Waals surface area contributed by atoms with Gasteiger partial charge in [0.15, 0.2) is 5.75 Å². The number of nitro benzene ring substituents is 1. The number of phenolic OH excluding ortho intramolecular Hbond substituents is 1. The second kappa shape index (κ2) is 5.40. The summed E-state index contributed by atoms with van der Waals surface area (Å²) in [6.07, 6.45) is 0. The minimum atomic E-state index is -4.90. The summed E-state index contributed by atoms with van der Waals surface area (Å²) in [5, 5.41) is 19.4. The Morgan fingerprint density at radius 3 is 2.25 bits per heavy atom. The van der Waals surface area contributed by atoms with Crippen LogP contribution in [0.4, 0.5) is 11.4 Å². The molecule has 10 heteroatoms. The molecule has 0 spiro atoms. The van der Waals surface area contributed by atoms with E-state index in [1.54, 1.807) is 0 Å². The zero-order chi connectivity index (χ0) is 11.8. The number of nitro groups is 1. The van der Waals surface area contributed by atoms with Crippen LogP contribution >= 0.6 is 0 Å². The standard InChI is InChI=1S/C6H6N2O6S.K/c7-5-4(15(12,13)14)2-1-3(9)6(5)8(10)11;/h1-2,9H,7H2,(H,12,13,14);/q;+1/p-1. The van der Waals surface area contributed by atoms with Gasteiger partial charge in [0.2, 0.25) is 0 Å². The van der Waals surface area contributed by atoms with E-state index < -0.39 is 37.1 Å². The van der Waals surface area contributed by atoms with Crippen LogP contribution < -0.4 is 57.1 Å². The van der Waals surface area contributed by atoms with E-state index in [1.807, 2.05) is 0 Å². The zero-order valence-electron chi connectivity index (χ0n) is 8.08. The Bertz CT molecular complexity index is 528. The molecule has 16 heavy (non-hydrogen) atoms. The molecule has 1 aromatic rings. The molecule has 0 aliphatic carbocycles. The Morgan fingerprint density at radius 2 is 1.88 bits per heavy atom. The van der Waals surface area contributed by atoms with E-state index in [2.05, 4.69) is 0 Å². The van der Waals surface area contributed by atoms with Gasteiger partial charge in [-0.25, -0.2) is 8.42 Å². The number of nitrogen functional groups attached to an aromatic ring is 1. The van der Waals surface area contributed by atoms with Gasteiger partial charge in [-0.15, -0.1) is 0 Å². The van der Waals surface area contributed by atoms with Crippen molar-refractivity contribution < 1.29 is 74.4 Å². The van der Waals surface area contributed by atoms with Crippen LogP contribution in [0.25, 0.3) is 0 Å². The Morgan fingerprint density at radius 1 is 1.38 bits per heavy atom. The summed E-state index contributed by atoms with van der Waals surface area (Å²) in [5.74, 6) is -0.801. The molecule has 0 bridgehead atoms. The zero-order valence-corrected chi connectivity index (χ0v) is 12.0. The van der Waals surface area contributed by atoms with Crippen molar-refractivity contribution in [1.82, 2.24) is 0 Å². The number of nitrogens with two attached hydrogens (primary N) is 1. The summed E-state index contributed by atoms with van der Waals surface area (Å²) < 4.78 is 31.8. The maximum absolute atomic E-state index is 10.6. The fourth-order valence-electron chi connectivity index (χ4n) is 0.988. The van der Waals surface area contributed by atoms with Crippen molar-refractivity contribution in [2.24, 2.45) is 0 Å². The van der Waals surface area contributed by atoms with Crippen molar-refractivity contribution in [3.63, 3.8) is 0 Å². The molecular weight excluding hydrogens is 267 g/mol. The summed E-state index contributed by atoms with van der Waals surface area (Å²) in [7, 11) is -4.90. The van der Waals surface area contributed by atoms with Gasteiger partial charge in [0.1, 0.15) is 15.8 Å². The minimum absolute atomic E-state index is 0. The van der Waals surface area contributed by atoms with Crippen molar-refractivity contribution in [2.45, 2.75) is 4.90 Å². The first-order valence-corrected chi connectivity index (χ1v) is 4.87. The van der Waals surface area contributed by atoms with Gasteiger partial charge in [0.05, 0.1) is 9.82 Å². The maximum Gasteiger partial charge on any atom is 1.00 e. The van der Waals surface area contributed by atoms with Crippen LogP contribution in [-0.2, 0) is 10.1 Å². The number of rotatable bonds is 2. The van der Waals surface area contributed by atoms with Gasteiger partial charge in [-0.1, -0.05) is 0 Å². The fraction of sp³-hybridized carbons (Fsp3) is 0. The van der Waals surface area contributed by atoms with Crippen LogP contribution in [0.5, 0.6) is 5.75 Å². The number of aromatic hydroxyl groups is 1. The van der Waals surface area contributed by atoms with Crippen molar-refractivity contribution in [3.8, 4) is 5.75 Å².